The number of benzene rings is 2. The zero-order chi connectivity index (χ0) is 19.6. The monoisotopic (exact) mass is 392 g/mol. The highest BCUT2D eigenvalue weighted by Crippen LogP contribution is 2.22. The highest BCUT2D eigenvalue weighted by Gasteiger charge is 2.14. The standard InChI is InChI=1S/C19H18ClFN2O4/c1-11(12-3-6-16(26-2)14(21)9-12)22-18(24)7-8-23-15-5-4-13(20)10-17(15)27-19(23)25/h3-6,9-11H,7-8H2,1-2H3,(H,22,24). The zero-order valence-electron chi connectivity index (χ0n) is 14.8. The molecule has 2 aromatic carbocycles. The minimum atomic E-state index is -0.551. The van der Waals surface area contributed by atoms with Gasteiger partial charge < -0.3 is 14.5 Å². The first kappa shape index (κ1) is 19.0. The molecule has 0 saturated carbocycles. The lowest BCUT2D eigenvalue weighted by molar-refractivity contribution is -0.121. The smallest absolute Gasteiger partial charge is 0.419 e. The SMILES string of the molecule is COc1ccc(C(C)NC(=O)CCn2c(=O)oc3cc(Cl)ccc32)cc1F. The van der Waals surface area contributed by atoms with Crippen LogP contribution in [0.3, 0.4) is 0 Å². The predicted octanol–water partition coefficient (Wildman–Crippen LogP) is 3.66. The number of ether oxygens (including phenoxy) is 1. The van der Waals surface area contributed by atoms with Crippen LogP contribution in [0, 0.1) is 5.82 Å². The number of hydrogen-bond donors (Lipinski definition) is 1. The van der Waals surface area contributed by atoms with Crippen LogP contribution in [0.1, 0.15) is 24.9 Å². The molecule has 0 fully saturated rings. The summed E-state index contributed by atoms with van der Waals surface area (Å²) in [5, 5.41) is 3.25. The Kier molecular flexibility index (Phi) is 5.51. The number of halogens is 2. The number of nitrogens with zero attached hydrogens (tertiary/aromatic N) is 1. The van der Waals surface area contributed by atoms with E-state index in [1.54, 1.807) is 31.2 Å². The molecule has 0 aliphatic rings. The van der Waals surface area contributed by atoms with Gasteiger partial charge >= 0.3 is 5.76 Å². The average molecular weight is 393 g/mol. The van der Waals surface area contributed by atoms with Crippen LogP contribution in [-0.4, -0.2) is 17.6 Å². The van der Waals surface area contributed by atoms with Crippen molar-refractivity contribution in [2.24, 2.45) is 0 Å². The first-order valence-electron chi connectivity index (χ1n) is 8.30. The molecular weight excluding hydrogens is 375 g/mol. The average Bonchev–Trinajstić information content (AvgIpc) is 2.93. The van der Waals surface area contributed by atoms with E-state index < -0.39 is 17.6 Å². The molecule has 0 aliphatic heterocycles. The molecule has 8 heteroatoms. The van der Waals surface area contributed by atoms with Gasteiger partial charge in [0.25, 0.3) is 0 Å². The summed E-state index contributed by atoms with van der Waals surface area (Å²) < 4.78 is 25.2. The highest BCUT2D eigenvalue weighted by atomic mass is 35.5. The Morgan fingerprint density at radius 1 is 1.33 bits per heavy atom. The van der Waals surface area contributed by atoms with Crippen LogP contribution in [0.25, 0.3) is 11.1 Å². The van der Waals surface area contributed by atoms with E-state index in [2.05, 4.69) is 5.32 Å². The molecule has 0 aliphatic carbocycles. The van der Waals surface area contributed by atoms with Crippen molar-refractivity contribution >= 4 is 28.6 Å². The summed E-state index contributed by atoms with van der Waals surface area (Å²) in [6.45, 7) is 1.91. The van der Waals surface area contributed by atoms with E-state index in [0.717, 1.165) is 0 Å². The number of carbonyl (C=O) groups is 1. The predicted molar refractivity (Wildman–Crippen MR) is 99.6 cm³/mol. The van der Waals surface area contributed by atoms with E-state index in [0.29, 0.717) is 21.7 Å². The Balaban J connectivity index is 1.65. The molecule has 3 aromatic rings. The maximum absolute atomic E-state index is 13.8. The Bertz CT molecular complexity index is 1040. The number of hydrogen-bond acceptors (Lipinski definition) is 4. The van der Waals surface area contributed by atoms with Gasteiger partial charge in [0, 0.05) is 24.1 Å². The van der Waals surface area contributed by atoms with Gasteiger partial charge in [-0.25, -0.2) is 9.18 Å². The van der Waals surface area contributed by atoms with Crippen molar-refractivity contribution in [2.45, 2.75) is 25.9 Å². The van der Waals surface area contributed by atoms with Crippen molar-refractivity contribution in [1.82, 2.24) is 9.88 Å². The van der Waals surface area contributed by atoms with Crippen molar-refractivity contribution in [2.75, 3.05) is 7.11 Å². The van der Waals surface area contributed by atoms with Crippen LogP contribution < -0.4 is 15.8 Å². The van der Waals surface area contributed by atoms with Crippen LogP contribution in [0.15, 0.2) is 45.6 Å². The van der Waals surface area contributed by atoms with Crippen LogP contribution >= 0.6 is 11.6 Å². The molecular formula is C19H18ClFN2O4. The molecule has 1 N–H and O–H groups in total. The Morgan fingerprint density at radius 2 is 2.11 bits per heavy atom. The van der Waals surface area contributed by atoms with E-state index in [4.69, 9.17) is 20.8 Å². The molecule has 0 radical (unpaired) electrons. The van der Waals surface area contributed by atoms with E-state index in [1.165, 1.54) is 23.8 Å². The normalized spacial score (nSPS) is 12.1. The number of nitrogens with one attached hydrogen (secondary N) is 1. The van der Waals surface area contributed by atoms with Gasteiger partial charge in [-0.05, 0) is 36.8 Å². The molecule has 1 aromatic heterocycles. The molecule has 0 spiro atoms. The fraction of sp³-hybridized carbons (Fsp3) is 0.263. The molecule has 1 unspecified atom stereocenters. The molecule has 1 heterocycles. The van der Waals surface area contributed by atoms with Gasteiger partial charge in [-0.1, -0.05) is 17.7 Å². The second-order valence-corrected chi connectivity index (χ2v) is 6.50. The van der Waals surface area contributed by atoms with Crippen molar-refractivity contribution < 1.29 is 18.3 Å². The number of fused-ring (bicyclic) bond motifs is 1. The van der Waals surface area contributed by atoms with Crippen LogP contribution in [0.2, 0.25) is 5.02 Å². The second-order valence-electron chi connectivity index (χ2n) is 6.06. The molecule has 0 bridgehead atoms. The lowest BCUT2D eigenvalue weighted by atomic mass is 10.1. The fourth-order valence-corrected chi connectivity index (χ4v) is 2.98. The molecule has 27 heavy (non-hydrogen) atoms. The summed E-state index contributed by atoms with van der Waals surface area (Å²) >= 11 is 5.88. The minimum Gasteiger partial charge on any atom is -0.494 e. The number of aromatic nitrogens is 1. The lowest BCUT2D eigenvalue weighted by Gasteiger charge is -2.15. The third kappa shape index (κ3) is 4.14. The Hall–Kier alpha value is -2.80. The number of oxazole rings is 1. The molecule has 1 atom stereocenters. The van der Waals surface area contributed by atoms with E-state index in [9.17, 15) is 14.0 Å². The van der Waals surface area contributed by atoms with Gasteiger partial charge in [0.2, 0.25) is 5.91 Å². The van der Waals surface area contributed by atoms with Gasteiger partial charge in [-0.15, -0.1) is 0 Å². The first-order valence-corrected chi connectivity index (χ1v) is 8.68. The van der Waals surface area contributed by atoms with Gasteiger partial charge in [-0.3, -0.25) is 9.36 Å². The number of amides is 1. The van der Waals surface area contributed by atoms with Gasteiger partial charge in [0.15, 0.2) is 17.1 Å². The number of methoxy groups -OCH3 is 1. The van der Waals surface area contributed by atoms with Crippen LogP contribution in [0.5, 0.6) is 5.75 Å². The van der Waals surface area contributed by atoms with Crippen molar-refractivity contribution in [3.8, 4) is 5.75 Å². The van der Waals surface area contributed by atoms with Crippen LogP contribution in [-0.2, 0) is 11.3 Å². The quantitative estimate of drug-likeness (QED) is 0.694. The number of carbonyl (C=O) groups excluding carboxylic acids is 1. The molecule has 1 amide bonds. The van der Waals surface area contributed by atoms with E-state index in [1.807, 2.05) is 0 Å². The molecule has 0 saturated heterocycles. The zero-order valence-corrected chi connectivity index (χ0v) is 15.5. The van der Waals surface area contributed by atoms with Gasteiger partial charge in [0.05, 0.1) is 18.7 Å². The largest absolute Gasteiger partial charge is 0.494 e. The summed E-state index contributed by atoms with van der Waals surface area (Å²) in [6.07, 6.45) is 0.0696. The summed E-state index contributed by atoms with van der Waals surface area (Å²) in [5.41, 5.74) is 1.56. The summed E-state index contributed by atoms with van der Waals surface area (Å²) in [6, 6.07) is 8.99. The van der Waals surface area contributed by atoms with Crippen molar-refractivity contribution in [3.05, 3.63) is 63.4 Å². The molecule has 3 rings (SSSR count). The lowest BCUT2D eigenvalue weighted by Crippen LogP contribution is -2.28. The summed E-state index contributed by atoms with van der Waals surface area (Å²) in [4.78, 5) is 24.2. The van der Waals surface area contributed by atoms with Gasteiger partial charge in [0.1, 0.15) is 0 Å². The fourth-order valence-electron chi connectivity index (χ4n) is 2.81. The maximum atomic E-state index is 13.8. The van der Waals surface area contributed by atoms with Crippen LogP contribution in [0.4, 0.5) is 4.39 Å². The second kappa shape index (κ2) is 7.84. The Labute approximate surface area is 159 Å². The third-order valence-electron chi connectivity index (χ3n) is 4.25. The maximum Gasteiger partial charge on any atom is 0.419 e. The first-order chi connectivity index (χ1) is 12.9. The Morgan fingerprint density at radius 3 is 2.81 bits per heavy atom. The van der Waals surface area contributed by atoms with E-state index >= 15 is 0 Å². The number of aryl methyl sites for hydroxylation is 1. The summed E-state index contributed by atoms with van der Waals surface area (Å²) in [7, 11) is 1.39. The minimum absolute atomic E-state index is 0.0696. The van der Waals surface area contributed by atoms with E-state index in [-0.39, 0.29) is 24.6 Å². The third-order valence-corrected chi connectivity index (χ3v) is 4.48. The number of rotatable bonds is 6. The topological polar surface area (TPSA) is 73.5 Å². The van der Waals surface area contributed by atoms with Gasteiger partial charge in [-0.2, -0.15) is 0 Å². The van der Waals surface area contributed by atoms with Crippen molar-refractivity contribution in [3.63, 3.8) is 0 Å². The molecule has 6 nitrogen and oxygen atoms in total. The van der Waals surface area contributed by atoms with Crippen molar-refractivity contribution in [1.29, 1.82) is 0 Å². The molecule has 142 valence electrons. The summed E-state index contributed by atoms with van der Waals surface area (Å²) in [5.74, 6) is -1.17. The highest BCUT2D eigenvalue weighted by molar-refractivity contribution is 6.31.